The summed E-state index contributed by atoms with van der Waals surface area (Å²) in [5.41, 5.74) is 1.46. The molecule has 2 N–H and O–H groups in total. The smallest absolute Gasteiger partial charge is 0.338 e. The van der Waals surface area contributed by atoms with Crippen molar-refractivity contribution in [3.63, 3.8) is 0 Å². The van der Waals surface area contributed by atoms with Gasteiger partial charge in [-0.3, -0.25) is 0 Å². The van der Waals surface area contributed by atoms with E-state index in [0.29, 0.717) is 34.9 Å². The van der Waals surface area contributed by atoms with Gasteiger partial charge >= 0.3 is 12.0 Å². The topological polar surface area (TPSA) is 85.9 Å². The first-order chi connectivity index (χ1) is 14.1. The standard InChI is InChI=1S/C22H24N2O5/c1-3-27-18-12-8-7-11-17(18)20-19(15(2)23-22(26)24-20)21(25)29-14-13-28-16-9-5-4-6-10-16/h4-12,20H,3,13-14H2,1-2H3,(H2,23,24,26). The molecule has 2 amide bonds. The highest BCUT2D eigenvalue weighted by atomic mass is 16.6. The lowest BCUT2D eigenvalue weighted by molar-refractivity contribution is -0.140. The number of rotatable bonds is 8. The van der Waals surface area contributed by atoms with Gasteiger partial charge in [-0.05, 0) is 32.0 Å². The fourth-order valence-electron chi connectivity index (χ4n) is 3.09. The minimum absolute atomic E-state index is 0.0816. The molecule has 1 aliphatic rings. The average Bonchev–Trinajstić information content (AvgIpc) is 2.72. The Morgan fingerprint density at radius 3 is 2.48 bits per heavy atom. The first-order valence-electron chi connectivity index (χ1n) is 9.45. The highest BCUT2D eigenvalue weighted by Gasteiger charge is 2.33. The van der Waals surface area contributed by atoms with Crippen LogP contribution < -0.4 is 20.1 Å². The van der Waals surface area contributed by atoms with E-state index >= 15 is 0 Å². The lowest BCUT2D eigenvalue weighted by Crippen LogP contribution is -2.45. The SMILES string of the molecule is CCOc1ccccc1C1NC(=O)NC(C)=C1C(=O)OCCOc1ccccc1. The first-order valence-corrected chi connectivity index (χ1v) is 9.45. The molecule has 0 saturated carbocycles. The van der Waals surface area contributed by atoms with Gasteiger partial charge in [0.2, 0.25) is 0 Å². The number of hydrogen-bond acceptors (Lipinski definition) is 5. The molecule has 0 fully saturated rings. The van der Waals surface area contributed by atoms with Crippen LogP contribution in [0.25, 0.3) is 0 Å². The summed E-state index contributed by atoms with van der Waals surface area (Å²) in [6.45, 7) is 4.32. The Morgan fingerprint density at radius 2 is 1.72 bits per heavy atom. The predicted molar refractivity (Wildman–Crippen MR) is 108 cm³/mol. The number of hydrogen-bond donors (Lipinski definition) is 2. The van der Waals surface area contributed by atoms with Crippen LogP contribution in [0.4, 0.5) is 4.79 Å². The first kappa shape index (κ1) is 20.3. The second-order valence-corrected chi connectivity index (χ2v) is 6.34. The molecule has 1 atom stereocenters. The van der Waals surface area contributed by atoms with Gasteiger partial charge in [-0.2, -0.15) is 0 Å². The van der Waals surface area contributed by atoms with Gasteiger partial charge in [0.05, 0.1) is 18.2 Å². The van der Waals surface area contributed by atoms with E-state index in [1.807, 2.05) is 55.5 Å². The van der Waals surface area contributed by atoms with Gasteiger partial charge in [0.25, 0.3) is 0 Å². The summed E-state index contributed by atoms with van der Waals surface area (Å²) in [6.07, 6.45) is 0. The van der Waals surface area contributed by atoms with Crippen molar-refractivity contribution in [3.05, 3.63) is 71.4 Å². The zero-order valence-corrected chi connectivity index (χ0v) is 16.4. The van der Waals surface area contributed by atoms with E-state index < -0.39 is 12.0 Å². The second-order valence-electron chi connectivity index (χ2n) is 6.34. The number of urea groups is 1. The zero-order valence-electron chi connectivity index (χ0n) is 16.4. The molecule has 3 rings (SSSR count). The van der Waals surface area contributed by atoms with Crippen LogP contribution in [0.2, 0.25) is 0 Å². The van der Waals surface area contributed by atoms with Crippen LogP contribution >= 0.6 is 0 Å². The molecule has 0 radical (unpaired) electrons. The Hall–Kier alpha value is -3.48. The Balaban J connectivity index is 1.73. The summed E-state index contributed by atoms with van der Waals surface area (Å²) in [7, 11) is 0. The number of carbonyl (C=O) groups excluding carboxylic acids is 2. The summed E-state index contributed by atoms with van der Waals surface area (Å²) in [5, 5.41) is 5.42. The number of esters is 1. The number of nitrogens with one attached hydrogen (secondary N) is 2. The minimum Gasteiger partial charge on any atom is -0.494 e. The number of allylic oxidation sites excluding steroid dienone is 1. The Kier molecular flexibility index (Phi) is 6.73. The van der Waals surface area contributed by atoms with E-state index in [2.05, 4.69) is 10.6 Å². The molecule has 1 unspecified atom stereocenters. The molecule has 1 aliphatic heterocycles. The van der Waals surface area contributed by atoms with E-state index in [4.69, 9.17) is 14.2 Å². The normalized spacial score (nSPS) is 15.9. The summed E-state index contributed by atoms with van der Waals surface area (Å²) >= 11 is 0. The lowest BCUT2D eigenvalue weighted by atomic mass is 9.95. The van der Waals surface area contributed by atoms with Gasteiger partial charge in [-0.1, -0.05) is 36.4 Å². The van der Waals surface area contributed by atoms with E-state index in [0.717, 1.165) is 0 Å². The summed E-state index contributed by atoms with van der Waals surface area (Å²) in [6, 6.07) is 15.5. The fraction of sp³-hybridized carbons (Fsp3) is 0.273. The largest absolute Gasteiger partial charge is 0.494 e. The van der Waals surface area contributed by atoms with E-state index in [-0.39, 0.29) is 19.2 Å². The van der Waals surface area contributed by atoms with Crippen LogP contribution in [0.1, 0.15) is 25.5 Å². The van der Waals surface area contributed by atoms with Gasteiger partial charge in [0, 0.05) is 11.3 Å². The van der Waals surface area contributed by atoms with Gasteiger partial charge in [-0.15, -0.1) is 0 Å². The predicted octanol–water partition coefficient (Wildman–Crippen LogP) is 3.34. The molecule has 7 heteroatoms. The van der Waals surface area contributed by atoms with Crippen LogP contribution in [0.15, 0.2) is 65.9 Å². The van der Waals surface area contributed by atoms with Crippen molar-refractivity contribution < 1.29 is 23.8 Å². The molecular weight excluding hydrogens is 372 g/mol. The molecular formula is C22H24N2O5. The van der Waals surface area contributed by atoms with Crippen molar-refractivity contribution >= 4 is 12.0 Å². The van der Waals surface area contributed by atoms with Gasteiger partial charge < -0.3 is 24.8 Å². The highest BCUT2D eigenvalue weighted by molar-refractivity contribution is 5.95. The minimum atomic E-state index is -0.672. The van der Waals surface area contributed by atoms with E-state index in [9.17, 15) is 9.59 Å². The third-order valence-corrected chi connectivity index (χ3v) is 4.35. The number of ether oxygens (including phenoxy) is 3. The maximum absolute atomic E-state index is 12.8. The number of para-hydroxylation sites is 2. The van der Waals surface area contributed by atoms with Crippen LogP contribution in [0.3, 0.4) is 0 Å². The number of carbonyl (C=O) groups is 2. The van der Waals surface area contributed by atoms with Gasteiger partial charge in [-0.25, -0.2) is 9.59 Å². The molecule has 2 aromatic rings. The second kappa shape index (κ2) is 9.64. The van der Waals surface area contributed by atoms with Crippen molar-refractivity contribution in [1.82, 2.24) is 10.6 Å². The number of benzene rings is 2. The van der Waals surface area contributed by atoms with Gasteiger partial charge in [0.1, 0.15) is 24.7 Å². The molecule has 0 bridgehead atoms. The van der Waals surface area contributed by atoms with Crippen LogP contribution in [-0.4, -0.2) is 31.8 Å². The Morgan fingerprint density at radius 1 is 1.00 bits per heavy atom. The van der Waals surface area contributed by atoms with Crippen LogP contribution in [0.5, 0.6) is 11.5 Å². The third kappa shape index (κ3) is 5.07. The molecule has 29 heavy (non-hydrogen) atoms. The maximum Gasteiger partial charge on any atom is 0.338 e. The van der Waals surface area contributed by atoms with Crippen molar-refractivity contribution in [2.75, 3.05) is 19.8 Å². The summed E-state index contributed by atoms with van der Waals surface area (Å²) in [5.74, 6) is 0.782. The molecule has 0 aliphatic carbocycles. The van der Waals surface area contributed by atoms with Crippen molar-refractivity contribution in [1.29, 1.82) is 0 Å². The highest BCUT2D eigenvalue weighted by Crippen LogP contribution is 2.33. The van der Waals surface area contributed by atoms with Crippen molar-refractivity contribution in [2.45, 2.75) is 19.9 Å². The van der Waals surface area contributed by atoms with Crippen LogP contribution in [-0.2, 0) is 9.53 Å². The molecule has 0 saturated heterocycles. The fourth-order valence-corrected chi connectivity index (χ4v) is 3.09. The van der Waals surface area contributed by atoms with Crippen molar-refractivity contribution in [3.8, 4) is 11.5 Å². The summed E-state index contributed by atoms with van der Waals surface area (Å²) in [4.78, 5) is 24.9. The monoisotopic (exact) mass is 396 g/mol. The maximum atomic E-state index is 12.8. The number of amides is 2. The van der Waals surface area contributed by atoms with Crippen molar-refractivity contribution in [2.24, 2.45) is 0 Å². The quantitative estimate of drug-likeness (QED) is 0.528. The Bertz CT molecular complexity index is 895. The molecule has 152 valence electrons. The van der Waals surface area contributed by atoms with E-state index in [1.54, 1.807) is 13.0 Å². The molecule has 0 spiro atoms. The molecule has 1 heterocycles. The average molecular weight is 396 g/mol. The van der Waals surface area contributed by atoms with Gasteiger partial charge in [0.15, 0.2) is 0 Å². The summed E-state index contributed by atoms with van der Waals surface area (Å²) < 4.78 is 16.6. The lowest BCUT2D eigenvalue weighted by Gasteiger charge is -2.29. The molecule has 2 aromatic carbocycles. The van der Waals surface area contributed by atoms with E-state index in [1.165, 1.54) is 0 Å². The Labute approximate surface area is 169 Å². The molecule has 0 aromatic heterocycles. The van der Waals surface area contributed by atoms with Crippen LogP contribution in [0, 0.1) is 0 Å². The molecule has 7 nitrogen and oxygen atoms in total. The third-order valence-electron chi connectivity index (χ3n) is 4.35. The zero-order chi connectivity index (χ0) is 20.6.